The number of hydrogen-bond donors (Lipinski definition) is 0. The molecule has 25 heavy (non-hydrogen) atoms. The molecule has 2 aromatic heterocycles. The summed E-state index contributed by atoms with van der Waals surface area (Å²) in [6, 6.07) is 2.31. The second-order valence-electron chi connectivity index (χ2n) is 4.96. The lowest BCUT2D eigenvalue weighted by atomic mass is 10.1. The number of halogens is 5. The van der Waals surface area contributed by atoms with Crippen molar-refractivity contribution in [1.82, 2.24) is 19.3 Å². The molecule has 130 valence electrons. The van der Waals surface area contributed by atoms with Crippen LogP contribution < -0.4 is 5.56 Å². The summed E-state index contributed by atoms with van der Waals surface area (Å²) in [6.07, 6.45) is 1.21. The maximum absolute atomic E-state index is 14.4. The Bertz CT molecular complexity index is 1010. The summed E-state index contributed by atoms with van der Waals surface area (Å²) in [5, 5.41) is 3.80. The van der Waals surface area contributed by atoms with Crippen LogP contribution in [0.5, 0.6) is 0 Å². The molecule has 0 radical (unpaired) electrons. The van der Waals surface area contributed by atoms with Gasteiger partial charge in [-0.3, -0.25) is 4.79 Å². The van der Waals surface area contributed by atoms with Crippen molar-refractivity contribution in [1.29, 1.82) is 0 Å². The van der Waals surface area contributed by atoms with Gasteiger partial charge in [-0.25, -0.2) is 22.8 Å². The summed E-state index contributed by atoms with van der Waals surface area (Å²) in [5.74, 6) is -3.38. The molecule has 2 heterocycles. The minimum absolute atomic E-state index is 0.0737. The van der Waals surface area contributed by atoms with Crippen LogP contribution in [0, 0.1) is 17.5 Å². The molecule has 0 amide bonds. The van der Waals surface area contributed by atoms with Crippen molar-refractivity contribution >= 4 is 27.5 Å². The topological polar surface area (TPSA) is 52.7 Å². The van der Waals surface area contributed by atoms with Crippen LogP contribution >= 0.6 is 27.5 Å². The van der Waals surface area contributed by atoms with E-state index in [4.69, 9.17) is 11.6 Å². The van der Waals surface area contributed by atoms with E-state index in [-0.39, 0.29) is 27.7 Å². The van der Waals surface area contributed by atoms with Crippen molar-refractivity contribution in [3.63, 3.8) is 0 Å². The van der Waals surface area contributed by atoms with E-state index in [0.29, 0.717) is 12.1 Å². The third kappa shape index (κ3) is 2.98. The fraction of sp³-hybridized carbons (Fsp3) is 0.133. The minimum atomic E-state index is -1.15. The van der Waals surface area contributed by atoms with E-state index < -0.39 is 28.6 Å². The van der Waals surface area contributed by atoms with Gasteiger partial charge in [-0.15, -0.1) is 0 Å². The number of hydrogen-bond acceptors (Lipinski definition) is 3. The van der Waals surface area contributed by atoms with Crippen molar-refractivity contribution < 1.29 is 13.2 Å². The quantitative estimate of drug-likeness (QED) is 0.628. The van der Waals surface area contributed by atoms with Crippen molar-refractivity contribution in [2.24, 2.45) is 0 Å². The van der Waals surface area contributed by atoms with Gasteiger partial charge in [0.15, 0.2) is 4.73 Å². The molecule has 0 saturated heterocycles. The van der Waals surface area contributed by atoms with Gasteiger partial charge in [-0.05, 0) is 28.9 Å². The van der Waals surface area contributed by atoms with Crippen LogP contribution in [0.1, 0.15) is 6.92 Å². The number of aromatic nitrogens is 4. The average molecular weight is 434 g/mol. The largest absolute Gasteiger partial charge is 0.305 e. The number of rotatable bonds is 3. The van der Waals surface area contributed by atoms with E-state index in [0.717, 1.165) is 4.57 Å². The molecule has 5 nitrogen and oxygen atoms in total. The van der Waals surface area contributed by atoms with E-state index >= 15 is 0 Å². The highest BCUT2D eigenvalue weighted by molar-refractivity contribution is 9.10. The smallest absolute Gasteiger partial charge is 0.269 e. The maximum atomic E-state index is 14.4. The van der Waals surface area contributed by atoms with Crippen molar-refractivity contribution in [3.8, 4) is 16.9 Å². The number of pyridine rings is 1. The van der Waals surface area contributed by atoms with Crippen LogP contribution in [0.3, 0.4) is 0 Å². The van der Waals surface area contributed by atoms with Gasteiger partial charge in [0.2, 0.25) is 0 Å². The standard InChI is InChI=1S/C15H9BrClF3N4O/c1-2-23-13(12-9(19)3-7(18)4-10(12)20)11(5-8(17)14(23)25)24-15(16)21-6-22-24/h3-6H,2H2,1H3. The molecule has 3 rings (SSSR count). The third-order valence-electron chi connectivity index (χ3n) is 3.52. The van der Waals surface area contributed by atoms with Gasteiger partial charge in [0.25, 0.3) is 5.56 Å². The van der Waals surface area contributed by atoms with Gasteiger partial charge < -0.3 is 4.57 Å². The first-order valence-electron chi connectivity index (χ1n) is 6.99. The van der Waals surface area contributed by atoms with Crippen molar-refractivity contribution in [3.05, 3.63) is 62.1 Å². The van der Waals surface area contributed by atoms with Crippen molar-refractivity contribution in [2.45, 2.75) is 13.5 Å². The van der Waals surface area contributed by atoms with E-state index in [1.54, 1.807) is 6.92 Å². The van der Waals surface area contributed by atoms with Crippen LogP contribution in [-0.4, -0.2) is 19.3 Å². The Morgan fingerprint density at radius 1 is 1.20 bits per heavy atom. The number of benzene rings is 1. The second-order valence-corrected chi connectivity index (χ2v) is 6.08. The zero-order valence-electron chi connectivity index (χ0n) is 12.6. The SMILES string of the molecule is CCn1c(-c2c(F)cc(F)cc2F)c(-n2ncnc2Br)cc(Cl)c1=O. The molecular formula is C15H9BrClF3N4O. The van der Waals surface area contributed by atoms with Crippen molar-refractivity contribution in [2.75, 3.05) is 0 Å². The van der Waals surface area contributed by atoms with Gasteiger partial charge in [-0.1, -0.05) is 11.6 Å². The van der Waals surface area contributed by atoms with E-state index in [1.165, 1.54) is 17.1 Å². The van der Waals surface area contributed by atoms with E-state index in [9.17, 15) is 18.0 Å². The van der Waals surface area contributed by atoms with Crippen LogP contribution in [0.15, 0.2) is 34.1 Å². The Labute approximate surface area is 152 Å². The third-order valence-corrected chi connectivity index (χ3v) is 4.33. The molecule has 0 aliphatic heterocycles. The lowest BCUT2D eigenvalue weighted by Crippen LogP contribution is -2.24. The van der Waals surface area contributed by atoms with Crippen LogP contribution in [0.25, 0.3) is 16.9 Å². The molecule has 10 heteroatoms. The second kappa shape index (κ2) is 6.64. The Kier molecular flexibility index (Phi) is 4.70. The molecule has 0 aliphatic rings. The number of nitrogens with zero attached hydrogens (tertiary/aromatic N) is 4. The summed E-state index contributed by atoms with van der Waals surface area (Å²) >= 11 is 9.13. The molecule has 0 aliphatic carbocycles. The molecule has 0 saturated carbocycles. The molecule has 0 unspecified atom stereocenters. The summed E-state index contributed by atoms with van der Waals surface area (Å²) in [7, 11) is 0. The normalized spacial score (nSPS) is 11.1. The average Bonchev–Trinajstić information content (AvgIpc) is 2.95. The van der Waals surface area contributed by atoms with Gasteiger partial charge >= 0.3 is 0 Å². The Morgan fingerprint density at radius 2 is 1.84 bits per heavy atom. The monoisotopic (exact) mass is 432 g/mol. The lowest BCUT2D eigenvalue weighted by Gasteiger charge is -2.18. The summed E-state index contributed by atoms with van der Waals surface area (Å²) in [6.45, 7) is 1.69. The molecule has 0 atom stereocenters. The molecule has 0 spiro atoms. The highest BCUT2D eigenvalue weighted by atomic mass is 79.9. The fourth-order valence-electron chi connectivity index (χ4n) is 2.50. The minimum Gasteiger partial charge on any atom is -0.305 e. The van der Waals surface area contributed by atoms with Gasteiger partial charge in [0, 0.05) is 18.7 Å². The first-order chi connectivity index (χ1) is 11.8. The van der Waals surface area contributed by atoms with Gasteiger partial charge in [0.05, 0.1) is 16.9 Å². The maximum Gasteiger partial charge on any atom is 0.269 e. The van der Waals surface area contributed by atoms with Gasteiger partial charge in [0.1, 0.15) is 28.8 Å². The predicted molar refractivity (Wildman–Crippen MR) is 89.3 cm³/mol. The zero-order chi connectivity index (χ0) is 18.3. The van der Waals surface area contributed by atoms with E-state index in [2.05, 4.69) is 26.0 Å². The first kappa shape index (κ1) is 17.7. The highest BCUT2D eigenvalue weighted by Crippen LogP contribution is 2.33. The highest BCUT2D eigenvalue weighted by Gasteiger charge is 2.24. The Balaban J connectivity index is 2.50. The molecule has 1 aromatic carbocycles. The van der Waals surface area contributed by atoms with Crippen LogP contribution in [0.2, 0.25) is 5.02 Å². The Morgan fingerprint density at radius 3 is 2.36 bits per heavy atom. The lowest BCUT2D eigenvalue weighted by molar-refractivity contribution is 0.544. The Hall–Kier alpha value is -2.13. The van der Waals surface area contributed by atoms with Gasteiger partial charge in [-0.2, -0.15) is 5.10 Å². The van der Waals surface area contributed by atoms with E-state index in [1.807, 2.05) is 0 Å². The predicted octanol–water partition coefficient (Wildman–Crippen LogP) is 3.95. The van der Waals surface area contributed by atoms with Crippen LogP contribution in [-0.2, 0) is 6.54 Å². The molecule has 0 fully saturated rings. The van der Waals surface area contributed by atoms with Crippen LogP contribution in [0.4, 0.5) is 13.2 Å². The summed E-state index contributed by atoms with van der Waals surface area (Å²) < 4.78 is 44.6. The molecule has 3 aromatic rings. The summed E-state index contributed by atoms with van der Waals surface area (Å²) in [5.41, 5.74) is -1.21. The summed E-state index contributed by atoms with van der Waals surface area (Å²) in [4.78, 5) is 16.2. The first-order valence-corrected chi connectivity index (χ1v) is 8.16. The molecule has 0 bridgehead atoms. The fourth-order valence-corrected chi connectivity index (χ4v) is 3.08. The molecule has 0 N–H and O–H groups in total. The molecular weight excluding hydrogens is 425 g/mol. The zero-order valence-corrected chi connectivity index (χ0v) is 14.9.